The molecule has 0 radical (unpaired) electrons. The SMILES string of the molecule is Cc1ccc2nc(C)c(C(=O)OCCNC(=O)c3ccncc3)cc2c1. The number of hydrogen-bond donors (Lipinski definition) is 1. The maximum atomic E-state index is 12.3. The van der Waals surface area contributed by atoms with Crippen LogP contribution in [0.2, 0.25) is 0 Å². The van der Waals surface area contributed by atoms with Crippen LogP contribution >= 0.6 is 0 Å². The normalized spacial score (nSPS) is 10.5. The molecule has 0 aliphatic rings. The third-order valence-corrected chi connectivity index (χ3v) is 3.94. The van der Waals surface area contributed by atoms with Gasteiger partial charge in [0, 0.05) is 23.3 Å². The first-order chi connectivity index (χ1) is 12.5. The highest BCUT2D eigenvalue weighted by Crippen LogP contribution is 2.18. The number of hydrogen-bond acceptors (Lipinski definition) is 5. The van der Waals surface area contributed by atoms with Crippen molar-refractivity contribution in [1.82, 2.24) is 15.3 Å². The maximum Gasteiger partial charge on any atom is 0.340 e. The van der Waals surface area contributed by atoms with Crippen molar-refractivity contribution in [2.75, 3.05) is 13.2 Å². The second-order valence-corrected chi connectivity index (χ2v) is 5.95. The Kier molecular flexibility index (Phi) is 5.22. The summed E-state index contributed by atoms with van der Waals surface area (Å²) < 4.78 is 5.27. The van der Waals surface area contributed by atoms with Crippen LogP contribution in [-0.4, -0.2) is 35.0 Å². The van der Waals surface area contributed by atoms with Gasteiger partial charge in [-0.15, -0.1) is 0 Å². The molecule has 132 valence electrons. The van der Waals surface area contributed by atoms with E-state index in [0.717, 1.165) is 16.5 Å². The lowest BCUT2D eigenvalue weighted by Gasteiger charge is -2.09. The van der Waals surface area contributed by atoms with Gasteiger partial charge in [-0.05, 0) is 44.2 Å². The van der Waals surface area contributed by atoms with E-state index in [1.807, 2.05) is 25.1 Å². The van der Waals surface area contributed by atoms with E-state index in [2.05, 4.69) is 15.3 Å². The standard InChI is InChI=1S/C20H19N3O3/c1-13-3-4-18-16(11-13)12-17(14(2)23-18)20(25)26-10-9-22-19(24)15-5-7-21-8-6-15/h3-8,11-12H,9-10H2,1-2H3,(H,22,24). The Morgan fingerprint density at radius 1 is 1.08 bits per heavy atom. The lowest BCUT2D eigenvalue weighted by molar-refractivity contribution is 0.0502. The van der Waals surface area contributed by atoms with Gasteiger partial charge in [0.1, 0.15) is 6.61 Å². The molecule has 6 heteroatoms. The van der Waals surface area contributed by atoms with Gasteiger partial charge in [0.25, 0.3) is 5.91 Å². The molecular formula is C20H19N3O3. The molecule has 0 aliphatic heterocycles. The van der Waals surface area contributed by atoms with Gasteiger partial charge in [-0.2, -0.15) is 0 Å². The van der Waals surface area contributed by atoms with Crippen LogP contribution in [0, 0.1) is 13.8 Å². The average molecular weight is 349 g/mol. The predicted octanol–water partition coefficient (Wildman–Crippen LogP) is 2.83. The van der Waals surface area contributed by atoms with Crippen LogP contribution in [0.25, 0.3) is 10.9 Å². The van der Waals surface area contributed by atoms with Crippen LogP contribution in [0.4, 0.5) is 0 Å². The average Bonchev–Trinajstić information content (AvgIpc) is 2.65. The van der Waals surface area contributed by atoms with E-state index >= 15 is 0 Å². The molecule has 1 aromatic carbocycles. The molecule has 0 fully saturated rings. The van der Waals surface area contributed by atoms with Crippen molar-refractivity contribution in [1.29, 1.82) is 0 Å². The number of aromatic nitrogens is 2. The number of carbonyl (C=O) groups is 2. The number of benzene rings is 1. The highest BCUT2D eigenvalue weighted by atomic mass is 16.5. The number of ether oxygens (including phenoxy) is 1. The monoisotopic (exact) mass is 349 g/mol. The molecule has 0 saturated carbocycles. The lowest BCUT2D eigenvalue weighted by Crippen LogP contribution is -2.28. The van der Waals surface area contributed by atoms with E-state index in [1.54, 1.807) is 37.5 Å². The van der Waals surface area contributed by atoms with Gasteiger partial charge in [-0.25, -0.2) is 4.79 Å². The third-order valence-electron chi connectivity index (χ3n) is 3.94. The molecule has 0 saturated heterocycles. The van der Waals surface area contributed by atoms with E-state index in [0.29, 0.717) is 16.8 Å². The molecular weight excluding hydrogens is 330 g/mol. The highest BCUT2D eigenvalue weighted by Gasteiger charge is 2.13. The van der Waals surface area contributed by atoms with Gasteiger partial charge >= 0.3 is 5.97 Å². The molecule has 1 amide bonds. The minimum absolute atomic E-state index is 0.0843. The summed E-state index contributed by atoms with van der Waals surface area (Å²) in [5, 5.41) is 3.59. The lowest BCUT2D eigenvalue weighted by atomic mass is 10.1. The summed E-state index contributed by atoms with van der Waals surface area (Å²) in [7, 11) is 0. The van der Waals surface area contributed by atoms with Gasteiger partial charge in [0.2, 0.25) is 0 Å². The Hall–Kier alpha value is -3.28. The molecule has 0 unspecified atom stereocenters. The summed E-state index contributed by atoms with van der Waals surface area (Å²) in [6.07, 6.45) is 3.10. The fraction of sp³-hybridized carbons (Fsp3) is 0.200. The number of rotatable bonds is 5. The Balaban J connectivity index is 1.59. The summed E-state index contributed by atoms with van der Waals surface area (Å²) >= 11 is 0. The number of nitrogens with one attached hydrogen (secondary N) is 1. The number of nitrogens with zero attached hydrogens (tertiary/aromatic N) is 2. The molecule has 2 aromatic heterocycles. The molecule has 3 aromatic rings. The summed E-state index contributed by atoms with van der Waals surface area (Å²) in [5.41, 5.74) is 3.50. The van der Waals surface area contributed by atoms with Gasteiger partial charge in [-0.3, -0.25) is 14.8 Å². The second-order valence-electron chi connectivity index (χ2n) is 5.95. The van der Waals surface area contributed by atoms with Crippen molar-refractivity contribution in [2.45, 2.75) is 13.8 Å². The molecule has 3 rings (SSSR count). The smallest absolute Gasteiger partial charge is 0.340 e. The molecule has 0 atom stereocenters. The quantitative estimate of drug-likeness (QED) is 0.566. The molecule has 1 N–H and O–H groups in total. The second kappa shape index (κ2) is 7.74. The number of amides is 1. The van der Waals surface area contributed by atoms with Gasteiger partial charge in [0.15, 0.2) is 0 Å². The Bertz CT molecular complexity index is 955. The van der Waals surface area contributed by atoms with E-state index in [4.69, 9.17) is 4.74 Å². The van der Waals surface area contributed by atoms with Crippen molar-refractivity contribution in [2.24, 2.45) is 0 Å². The van der Waals surface area contributed by atoms with Crippen molar-refractivity contribution in [3.8, 4) is 0 Å². The zero-order chi connectivity index (χ0) is 18.5. The molecule has 0 aliphatic carbocycles. The number of carbonyl (C=O) groups excluding carboxylic acids is 2. The third kappa shape index (κ3) is 4.03. The number of aryl methyl sites for hydroxylation is 2. The summed E-state index contributed by atoms with van der Waals surface area (Å²) in [4.78, 5) is 32.5. The fourth-order valence-electron chi connectivity index (χ4n) is 2.59. The highest BCUT2D eigenvalue weighted by molar-refractivity contribution is 5.95. The van der Waals surface area contributed by atoms with E-state index < -0.39 is 5.97 Å². The topological polar surface area (TPSA) is 81.2 Å². The number of fused-ring (bicyclic) bond motifs is 1. The minimum Gasteiger partial charge on any atom is -0.460 e. The minimum atomic E-state index is -0.448. The van der Waals surface area contributed by atoms with E-state index in [9.17, 15) is 9.59 Å². The van der Waals surface area contributed by atoms with E-state index in [1.165, 1.54) is 0 Å². The van der Waals surface area contributed by atoms with Gasteiger partial charge in [0.05, 0.1) is 23.3 Å². The summed E-state index contributed by atoms with van der Waals surface area (Å²) in [5.74, 6) is -0.681. The first-order valence-electron chi connectivity index (χ1n) is 8.28. The zero-order valence-corrected chi connectivity index (χ0v) is 14.7. The molecule has 6 nitrogen and oxygen atoms in total. The van der Waals surface area contributed by atoms with E-state index in [-0.39, 0.29) is 19.1 Å². The van der Waals surface area contributed by atoms with Crippen molar-refractivity contribution < 1.29 is 14.3 Å². The van der Waals surface area contributed by atoms with Crippen LogP contribution in [0.1, 0.15) is 32.0 Å². The summed E-state index contributed by atoms with van der Waals surface area (Å²) in [6, 6.07) is 10.9. The van der Waals surface area contributed by atoms with Crippen molar-refractivity contribution >= 4 is 22.8 Å². The van der Waals surface area contributed by atoms with Crippen molar-refractivity contribution in [3.63, 3.8) is 0 Å². The maximum absolute atomic E-state index is 12.3. The van der Waals surface area contributed by atoms with Gasteiger partial charge in [-0.1, -0.05) is 11.6 Å². The predicted molar refractivity (Wildman–Crippen MR) is 98.1 cm³/mol. The van der Waals surface area contributed by atoms with Crippen LogP contribution < -0.4 is 5.32 Å². The van der Waals surface area contributed by atoms with Crippen LogP contribution in [0.5, 0.6) is 0 Å². The number of esters is 1. The summed E-state index contributed by atoms with van der Waals surface area (Å²) in [6.45, 7) is 4.08. The van der Waals surface area contributed by atoms with Crippen LogP contribution in [0.3, 0.4) is 0 Å². The van der Waals surface area contributed by atoms with Crippen molar-refractivity contribution in [3.05, 3.63) is 71.2 Å². The fourth-order valence-corrected chi connectivity index (χ4v) is 2.59. The number of pyridine rings is 2. The molecule has 26 heavy (non-hydrogen) atoms. The largest absolute Gasteiger partial charge is 0.460 e. The Morgan fingerprint density at radius 3 is 2.62 bits per heavy atom. The Labute approximate surface area is 151 Å². The first kappa shape index (κ1) is 17.5. The molecule has 0 spiro atoms. The Morgan fingerprint density at radius 2 is 1.85 bits per heavy atom. The molecule has 0 bridgehead atoms. The zero-order valence-electron chi connectivity index (χ0n) is 14.7. The van der Waals surface area contributed by atoms with Gasteiger partial charge < -0.3 is 10.1 Å². The first-order valence-corrected chi connectivity index (χ1v) is 8.28. The van der Waals surface area contributed by atoms with Crippen LogP contribution in [-0.2, 0) is 4.74 Å². The molecule has 2 heterocycles. The van der Waals surface area contributed by atoms with Crippen LogP contribution in [0.15, 0.2) is 48.8 Å².